The van der Waals surface area contributed by atoms with Crippen molar-refractivity contribution in [3.05, 3.63) is 24.0 Å². The van der Waals surface area contributed by atoms with Crippen LogP contribution in [0.4, 0.5) is 15.8 Å². The van der Waals surface area contributed by atoms with Gasteiger partial charge in [-0.1, -0.05) is 13.8 Å². The third kappa shape index (κ3) is 3.66. The topological polar surface area (TPSA) is 41.1 Å². The number of halogens is 1. The Morgan fingerprint density at radius 3 is 2.85 bits per heavy atom. The number of rotatable bonds is 3. The monoisotopic (exact) mass is 296 g/mol. The molecule has 2 N–H and O–H groups in total. The molecule has 1 fully saturated rings. The summed E-state index contributed by atoms with van der Waals surface area (Å²) in [5.74, 6) is 1.55. The number of thioether (sulfide) groups is 1. The summed E-state index contributed by atoms with van der Waals surface area (Å²) in [7, 11) is 0. The van der Waals surface area contributed by atoms with Crippen molar-refractivity contribution in [3.63, 3.8) is 0 Å². The molecule has 1 aliphatic rings. The Morgan fingerprint density at radius 2 is 2.20 bits per heavy atom. The van der Waals surface area contributed by atoms with Gasteiger partial charge in [-0.15, -0.1) is 0 Å². The van der Waals surface area contributed by atoms with Crippen LogP contribution >= 0.6 is 11.8 Å². The molecule has 1 amide bonds. The van der Waals surface area contributed by atoms with E-state index in [4.69, 9.17) is 0 Å². The predicted molar refractivity (Wildman–Crippen MR) is 83.8 cm³/mol. The van der Waals surface area contributed by atoms with Gasteiger partial charge in [-0.3, -0.25) is 4.79 Å². The lowest BCUT2D eigenvalue weighted by Gasteiger charge is -2.39. The lowest BCUT2D eigenvalue weighted by molar-refractivity contribution is -0.114. The van der Waals surface area contributed by atoms with Gasteiger partial charge in [0.1, 0.15) is 5.82 Å². The van der Waals surface area contributed by atoms with Crippen molar-refractivity contribution >= 4 is 29.0 Å². The fraction of sp³-hybridized carbons (Fsp3) is 0.533. The summed E-state index contributed by atoms with van der Waals surface area (Å²) in [5.41, 5.74) is 1.29. The van der Waals surface area contributed by atoms with Crippen LogP contribution in [0.25, 0.3) is 0 Å². The summed E-state index contributed by atoms with van der Waals surface area (Å²) in [6.07, 6.45) is 1.16. The van der Waals surface area contributed by atoms with E-state index in [1.54, 1.807) is 12.1 Å². The zero-order valence-corrected chi connectivity index (χ0v) is 12.9. The van der Waals surface area contributed by atoms with E-state index in [2.05, 4.69) is 24.5 Å². The highest BCUT2D eigenvalue weighted by Gasteiger charge is 2.32. The van der Waals surface area contributed by atoms with Gasteiger partial charge in [0, 0.05) is 24.4 Å². The second kappa shape index (κ2) is 6.04. The second-order valence-corrected chi connectivity index (χ2v) is 7.04. The van der Waals surface area contributed by atoms with Crippen LogP contribution in [0.1, 0.15) is 27.2 Å². The Balaban J connectivity index is 2.14. The first kappa shape index (κ1) is 15.2. The third-order valence-corrected chi connectivity index (χ3v) is 4.80. The summed E-state index contributed by atoms with van der Waals surface area (Å²) in [6.45, 7) is 5.88. The van der Waals surface area contributed by atoms with E-state index >= 15 is 0 Å². The number of hydrogen-bond donors (Lipinski definition) is 2. The molecule has 5 heteroatoms. The highest BCUT2D eigenvalue weighted by molar-refractivity contribution is 7.99. The molecular formula is C15H21FN2OS. The molecule has 1 aromatic carbocycles. The van der Waals surface area contributed by atoms with Crippen LogP contribution in [-0.2, 0) is 4.79 Å². The van der Waals surface area contributed by atoms with Crippen molar-refractivity contribution in [1.29, 1.82) is 0 Å². The molecule has 0 spiro atoms. The standard InChI is InChI=1S/C15H21FN2OS/c1-10(19)17-13-8-11(4-5-12(13)16)18-14-9-20-7-6-15(14,2)3/h4-5,8,14,18H,6-7,9H2,1-3H3,(H,17,19). The Morgan fingerprint density at radius 1 is 1.45 bits per heavy atom. The summed E-state index contributed by atoms with van der Waals surface area (Å²) in [5, 5.41) is 5.99. The minimum absolute atomic E-state index is 0.216. The van der Waals surface area contributed by atoms with E-state index in [-0.39, 0.29) is 17.0 Å². The van der Waals surface area contributed by atoms with Gasteiger partial charge < -0.3 is 10.6 Å². The van der Waals surface area contributed by atoms with Crippen molar-refractivity contribution in [1.82, 2.24) is 0 Å². The first-order valence-electron chi connectivity index (χ1n) is 6.80. The third-order valence-electron chi connectivity index (χ3n) is 3.74. The van der Waals surface area contributed by atoms with Crippen LogP contribution in [0.3, 0.4) is 0 Å². The molecule has 0 radical (unpaired) electrons. The summed E-state index contributed by atoms with van der Waals surface area (Å²) in [4.78, 5) is 11.1. The van der Waals surface area contributed by atoms with Crippen LogP contribution in [0.5, 0.6) is 0 Å². The largest absolute Gasteiger partial charge is 0.381 e. The molecule has 0 aromatic heterocycles. The number of benzene rings is 1. The van der Waals surface area contributed by atoms with E-state index in [1.807, 2.05) is 11.8 Å². The smallest absolute Gasteiger partial charge is 0.221 e. The predicted octanol–water partition coefficient (Wildman–Crippen LogP) is 3.73. The van der Waals surface area contributed by atoms with Crippen molar-refractivity contribution in [3.8, 4) is 0 Å². The average molecular weight is 296 g/mol. The lowest BCUT2D eigenvalue weighted by Crippen LogP contribution is -2.41. The second-order valence-electron chi connectivity index (χ2n) is 5.89. The first-order chi connectivity index (χ1) is 9.38. The molecule has 1 heterocycles. The first-order valence-corrected chi connectivity index (χ1v) is 7.95. The van der Waals surface area contributed by atoms with Crippen LogP contribution in [-0.4, -0.2) is 23.5 Å². The number of carbonyl (C=O) groups excluding carboxylic acids is 1. The average Bonchev–Trinajstić information content (AvgIpc) is 2.35. The van der Waals surface area contributed by atoms with E-state index in [9.17, 15) is 9.18 Å². The molecule has 3 nitrogen and oxygen atoms in total. The van der Waals surface area contributed by atoms with Crippen LogP contribution < -0.4 is 10.6 Å². The van der Waals surface area contributed by atoms with Crippen molar-refractivity contribution < 1.29 is 9.18 Å². The van der Waals surface area contributed by atoms with E-state index in [0.717, 1.165) is 17.9 Å². The molecule has 1 saturated heterocycles. The fourth-order valence-electron chi connectivity index (χ4n) is 2.27. The van der Waals surface area contributed by atoms with Gasteiger partial charge in [-0.25, -0.2) is 4.39 Å². The summed E-state index contributed by atoms with van der Waals surface area (Å²) >= 11 is 1.94. The summed E-state index contributed by atoms with van der Waals surface area (Å²) < 4.78 is 13.6. The minimum Gasteiger partial charge on any atom is -0.381 e. The highest BCUT2D eigenvalue weighted by atomic mass is 32.2. The quantitative estimate of drug-likeness (QED) is 0.893. The molecule has 0 bridgehead atoms. The molecule has 1 atom stereocenters. The molecule has 0 saturated carbocycles. The van der Waals surface area contributed by atoms with Gasteiger partial charge in [-0.05, 0) is 35.8 Å². The number of nitrogens with one attached hydrogen (secondary N) is 2. The minimum atomic E-state index is -0.414. The number of amides is 1. The Labute approximate surface area is 123 Å². The van der Waals surface area contributed by atoms with Gasteiger partial charge >= 0.3 is 0 Å². The maximum Gasteiger partial charge on any atom is 0.221 e. The zero-order chi connectivity index (χ0) is 14.8. The maximum absolute atomic E-state index is 13.6. The van der Waals surface area contributed by atoms with Crippen molar-refractivity contribution in [2.45, 2.75) is 33.2 Å². The lowest BCUT2D eigenvalue weighted by atomic mass is 9.82. The van der Waals surface area contributed by atoms with Crippen LogP contribution in [0.15, 0.2) is 18.2 Å². The van der Waals surface area contributed by atoms with Crippen molar-refractivity contribution in [2.24, 2.45) is 5.41 Å². The molecule has 20 heavy (non-hydrogen) atoms. The van der Waals surface area contributed by atoms with E-state index in [0.29, 0.717) is 6.04 Å². The molecule has 0 aliphatic carbocycles. The van der Waals surface area contributed by atoms with Gasteiger partial charge in [0.25, 0.3) is 0 Å². The maximum atomic E-state index is 13.6. The molecule has 1 unspecified atom stereocenters. The van der Waals surface area contributed by atoms with Crippen LogP contribution in [0.2, 0.25) is 0 Å². The normalized spacial score (nSPS) is 21.3. The van der Waals surface area contributed by atoms with Gasteiger partial charge in [0.15, 0.2) is 0 Å². The number of anilines is 2. The van der Waals surface area contributed by atoms with Gasteiger partial charge in [0.05, 0.1) is 5.69 Å². The van der Waals surface area contributed by atoms with Gasteiger partial charge in [0.2, 0.25) is 5.91 Å². The zero-order valence-electron chi connectivity index (χ0n) is 12.1. The van der Waals surface area contributed by atoms with E-state index < -0.39 is 5.82 Å². The van der Waals surface area contributed by atoms with E-state index in [1.165, 1.54) is 18.7 Å². The number of carbonyl (C=O) groups is 1. The SMILES string of the molecule is CC(=O)Nc1cc(NC2CSCCC2(C)C)ccc1F. The Hall–Kier alpha value is -1.23. The van der Waals surface area contributed by atoms with Crippen LogP contribution in [0, 0.1) is 11.2 Å². The van der Waals surface area contributed by atoms with Gasteiger partial charge in [-0.2, -0.15) is 11.8 Å². The summed E-state index contributed by atoms with van der Waals surface area (Å²) in [6, 6.07) is 5.11. The Kier molecular flexibility index (Phi) is 4.58. The molecule has 1 aromatic rings. The highest BCUT2D eigenvalue weighted by Crippen LogP contribution is 2.36. The number of hydrogen-bond acceptors (Lipinski definition) is 3. The molecule has 1 aliphatic heterocycles. The Bertz CT molecular complexity index is 505. The molecule has 2 rings (SSSR count). The molecular weight excluding hydrogens is 275 g/mol. The molecule has 110 valence electrons. The fourth-order valence-corrected chi connectivity index (χ4v) is 3.88. The van der Waals surface area contributed by atoms with Crippen molar-refractivity contribution in [2.75, 3.05) is 22.1 Å².